The van der Waals surface area contributed by atoms with Gasteiger partial charge in [-0.25, -0.2) is 14.4 Å². The Kier molecular flexibility index (Phi) is 4.62. The number of benzene rings is 1. The van der Waals surface area contributed by atoms with Crippen LogP contribution in [0.25, 0.3) is 16.9 Å². The maximum atomic E-state index is 14.8. The Morgan fingerprint density at radius 2 is 2.23 bits per heavy atom. The second-order valence-electron chi connectivity index (χ2n) is 8.31. The van der Waals surface area contributed by atoms with E-state index in [1.54, 1.807) is 35.4 Å². The van der Waals surface area contributed by atoms with E-state index < -0.39 is 12.3 Å². The fourth-order valence-electron chi connectivity index (χ4n) is 4.51. The molecule has 0 aliphatic carbocycles. The van der Waals surface area contributed by atoms with Crippen LogP contribution < -0.4 is 10.1 Å². The van der Waals surface area contributed by atoms with Crippen LogP contribution in [0.15, 0.2) is 43.1 Å². The minimum absolute atomic E-state index is 0.0458. The molecule has 2 bridgehead atoms. The van der Waals surface area contributed by atoms with E-state index in [0.717, 1.165) is 24.9 Å². The molecule has 2 fully saturated rings. The molecule has 4 atom stereocenters. The number of aromatic nitrogens is 5. The quantitative estimate of drug-likeness (QED) is 0.682. The van der Waals surface area contributed by atoms with E-state index in [4.69, 9.17) is 4.74 Å². The molecule has 0 amide bonds. The average Bonchev–Trinajstić information content (AvgIpc) is 3.27. The Morgan fingerprint density at radius 1 is 1.33 bits per heavy atom. The molecule has 2 aliphatic rings. The van der Waals surface area contributed by atoms with Crippen LogP contribution in [0.3, 0.4) is 0 Å². The highest BCUT2D eigenvalue weighted by atomic mass is 19.1. The van der Waals surface area contributed by atoms with Crippen molar-refractivity contribution in [1.29, 1.82) is 0 Å². The van der Waals surface area contributed by atoms with Gasteiger partial charge in [0.2, 0.25) is 0 Å². The number of imidazole rings is 1. The van der Waals surface area contributed by atoms with Crippen LogP contribution in [-0.4, -0.2) is 53.7 Å². The minimum Gasteiger partial charge on any atom is -0.507 e. The lowest BCUT2D eigenvalue weighted by Gasteiger charge is -2.48. The van der Waals surface area contributed by atoms with Crippen LogP contribution in [0.2, 0.25) is 0 Å². The highest BCUT2D eigenvalue weighted by Gasteiger charge is 2.47. The van der Waals surface area contributed by atoms with Gasteiger partial charge < -0.3 is 19.7 Å². The molecule has 5 rings (SSSR count). The summed E-state index contributed by atoms with van der Waals surface area (Å²) < 4.78 is 22.4. The molecule has 3 aromatic rings. The SMILES string of the molecule is C[C@]12CCC[C@H](N1)[C@H](F)[C@H](Oc1ncc(-c3ccc(-n4ccnc4)cc3O)nn1)C2. The summed E-state index contributed by atoms with van der Waals surface area (Å²) in [5, 5.41) is 22.0. The molecule has 2 N–H and O–H groups in total. The molecule has 0 saturated carbocycles. The lowest BCUT2D eigenvalue weighted by molar-refractivity contribution is -0.0243. The third-order valence-electron chi connectivity index (χ3n) is 6.03. The van der Waals surface area contributed by atoms with Gasteiger partial charge in [0.05, 0.1) is 18.2 Å². The summed E-state index contributed by atoms with van der Waals surface area (Å²) in [7, 11) is 0. The van der Waals surface area contributed by atoms with Gasteiger partial charge >= 0.3 is 6.01 Å². The van der Waals surface area contributed by atoms with Gasteiger partial charge in [-0.1, -0.05) is 5.10 Å². The third-order valence-corrected chi connectivity index (χ3v) is 6.03. The number of hydrogen-bond acceptors (Lipinski definition) is 7. The van der Waals surface area contributed by atoms with Gasteiger partial charge in [0, 0.05) is 42.0 Å². The summed E-state index contributed by atoms with van der Waals surface area (Å²) in [4.78, 5) is 8.20. The van der Waals surface area contributed by atoms with Crippen LogP contribution in [0.1, 0.15) is 32.6 Å². The second-order valence-corrected chi connectivity index (χ2v) is 8.31. The van der Waals surface area contributed by atoms with Crippen LogP contribution in [0.4, 0.5) is 4.39 Å². The predicted molar refractivity (Wildman–Crippen MR) is 107 cm³/mol. The number of fused-ring (bicyclic) bond motifs is 2. The van der Waals surface area contributed by atoms with Gasteiger partial charge in [0.1, 0.15) is 17.5 Å². The molecule has 9 heteroatoms. The number of halogens is 1. The number of piperidine rings is 2. The molecule has 1 aromatic carbocycles. The number of phenolic OH excluding ortho intramolecular Hbond substituents is 1. The maximum absolute atomic E-state index is 14.8. The number of alkyl halides is 1. The van der Waals surface area contributed by atoms with Gasteiger partial charge in [-0.15, -0.1) is 5.10 Å². The molecule has 30 heavy (non-hydrogen) atoms. The van der Waals surface area contributed by atoms with E-state index in [1.165, 1.54) is 6.20 Å². The third kappa shape index (κ3) is 3.49. The molecule has 0 spiro atoms. The van der Waals surface area contributed by atoms with E-state index in [9.17, 15) is 9.50 Å². The monoisotopic (exact) mass is 410 g/mol. The number of nitrogens with one attached hydrogen (secondary N) is 1. The first-order valence-corrected chi connectivity index (χ1v) is 10.1. The highest BCUT2D eigenvalue weighted by Crippen LogP contribution is 2.36. The lowest BCUT2D eigenvalue weighted by Crippen LogP contribution is -2.64. The molecule has 0 unspecified atom stereocenters. The number of nitrogens with zero attached hydrogens (tertiary/aromatic N) is 5. The smallest absolute Gasteiger partial charge is 0.336 e. The Hall–Kier alpha value is -3.07. The van der Waals surface area contributed by atoms with Crippen molar-refractivity contribution in [2.24, 2.45) is 0 Å². The standard InChI is InChI=1S/C21H23FN6O2/c1-21-6-2-3-15(25-21)19(22)18(10-21)30-20-24-11-16(26-27-20)14-5-4-13(9-17(14)29)28-8-7-23-12-28/h4-5,7-9,11-12,15,18-19,25,29H,2-3,6,10H2,1H3/t15-,18+,19-,21+/m0/s1. The summed E-state index contributed by atoms with van der Waals surface area (Å²) >= 11 is 0. The first-order valence-electron chi connectivity index (χ1n) is 10.1. The second kappa shape index (κ2) is 7.32. The summed E-state index contributed by atoms with van der Waals surface area (Å²) in [5.41, 5.74) is 1.56. The molecular weight excluding hydrogens is 387 g/mol. The minimum atomic E-state index is -1.11. The van der Waals surface area contributed by atoms with Crippen LogP contribution >= 0.6 is 0 Å². The van der Waals surface area contributed by atoms with Crippen molar-refractivity contribution in [1.82, 2.24) is 30.0 Å². The van der Waals surface area contributed by atoms with E-state index in [0.29, 0.717) is 17.7 Å². The summed E-state index contributed by atoms with van der Waals surface area (Å²) in [6.07, 6.45) is 8.26. The average molecular weight is 410 g/mol. The van der Waals surface area contributed by atoms with Gasteiger partial charge in [-0.2, -0.15) is 0 Å². The van der Waals surface area contributed by atoms with Gasteiger partial charge in [0.15, 0.2) is 6.17 Å². The number of aromatic hydroxyl groups is 1. The van der Waals surface area contributed by atoms with Gasteiger partial charge in [0.25, 0.3) is 0 Å². The van der Waals surface area contributed by atoms with E-state index >= 15 is 0 Å². The van der Waals surface area contributed by atoms with Crippen molar-refractivity contribution in [2.75, 3.05) is 0 Å². The summed E-state index contributed by atoms with van der Waals surface area (Å²) in [6.45, 7) is 2.11. The van der Waals surface area contributed by atoms with Crippen LogP contribution in [0, 0.1) is 0 Å². The molecule has 2 saturated heterocycles. The molecule has 156 valence electrons. The zero-order valence-electron chi connectivity index (χ0n) is 16.6. The fraction of sp³-hybridized carbons (Fsp3) is 0.429. The van der Waals surface area contributed by atoms with Crippen LogP contribution in [0.5, 0.6) is 11.8 Å². The summed E-state index contributed by atoms with van der Waals surface area (Å²) in [6, 6.07) is 5.05. The zero-order chi connectivity index (χ0) is 20.7. The zero-order valence-corrected chi connectivity index (χ0v) is 16.6. The lowest BCUT2D eigenvalue weighted by atomic mass is 9.75. The number of phenols is 1. The number of rotatable bonds is 4. The predicted octanol–water partition coefficient (Wildman–Crippen LogP) is 2.82. The van der Waals surface area contributed by atoms with Crippen molar-refractivity contribution in [3.05, 3.63) is 43.1 Å². The first kappa shape index (κ1) is 18.9. The van der Waals surface area contributed by atoms with E-state index in [2.05, 4.69) is 32.4 Å². The topological polar surface area (TPSA) is 98.0 Å². The molecule has 2 aliphatic heterocycles. The van der Waals surface area contributed by atoms with E-state index in [1.807, 2.05) is 6.07 Å². The molecule has 8 nitrogen and oxygen atoms in total. The van der Waals surface area contributed by atoms with Gasteiger partial charge in [-0.3, -0.25) is 0 Å². The molecule has 2 aromatic heterocycles. The number of ether oxygens (including phenoxy) is 1. The normalized spacial score (nSPS) is 28.3. The van der Waals surface area contributed by atoms with Crippen molar-refractivity contribution < 1.29 is 14.2 Å². The Morgan fingerprint density at radius 3 is 2.97 bits per heavy atom. The maximum Gasteiger partial charge on any atom is 0.336 e. The largest absolute Gasteiger partial charge is 0.507 e. The molecule has 4 heterocycles. The highest BCUT2D eigenvalue weighted by molar-refractivity contribution is 5.67. The first-order chi connectivity index (χ1) is 14.5. The Labute approximate surface area is 173 Å². The molecular formula is C21H23FN6O2. The van der Waals surface area contributed by atoms with E-state index in [-0.39, 0.29) is 23.3 Å². The fourth-order valence-corrected chi connectivity index (χ4v) is 4.51. The Bertz CT molecular complexity index is 1030. The Balaban J connectivity index is 1.32. The number of hydrogen-bond donors (Lipinski definition) is 2. The van der Waals surface area contributed by atoms with Gasteiger partial charge in [-0.05, 0) is 38.3 Å². The van der Waals surface area contributed by atoms with Crippen molar-refractivity contribution >= 4 is 0 Å². The summed E-state index contributed by atoms with van der Waals surface area (Å²) in [5.74, 6) is 0.0499. The van der Waals surface area contributed by atoms with Crippen molar-refractivity contribution in [3.8, 4) is 28.7 Å². The molecule has 0 radical (unpaired) electrons. The van der Waals surface area contributed by atoms with Crippen molar-refractivity contribution in [3.63, 3.8) is 0 Å². The van der Waals surface area contributed by atoms with Crippen molar-refractivity contribution in [2.45, 2.75) is 56.5 Å². The van der Waals surface area contributed by atoms with Crippen LogP contribution in [-0.2, 0) is 0 Å².